The van der Waals surface area contributed by atoms with Gasteiger partial charge in [0, 0.05) is 25.3 Å². The third-order valence-corrected chi connectivity index (χ3v) is 9.04. The number of fused-ring (bicyclic) bond motifs is 1. The lowest BCUT2D eigenvalue weighted by atomic mass is 10.1. The van der Waals surface area contributed by atoms with Crippen LogP contribution in [-0.2, 0) is 21.2 Å². The third-order valence-electron chi connectivity index (χ3n) is 5.93. The number of sulfone groups is 1. The highest BCUT2D eigenvalue weighted by Gasteiger charge is 2.44. The van der Waals surface area contributed by atoms with Crippen molar-refractivity contribution in [3.05, 3.63) is 21.4 Å². The summed E-state index contributed by atoms with van der Waals surface area (Å²) in [6.07, 6.45) is 0.105. The van der Waals surface area contributed by atoms with Crippen LogP contribution in [0.15, 0.2) is 6.07 Å². The van der Waals surface area contributed by atoms with E-state index >= 15 is 0 Å². The first kappa shape index (κ1) is 24.2. The molecule has 1 fully saturated rings. The Kier molecular flexibility index (Phi) is 6.98. The second kappa shape index (κ2) is 9.22. The minimum absolute atomic E-state index is 0.0306. The van der Waals surface area contributed by atoms with Crippen molar-refractivity contribution in [3.8, 4) is 23.7 Å². The van der Waals surface area contributed by atoms with E-state index in [-0.39, 0.29) is 31.3 Å². The molecule has 2 aliphatic rings. The Bertz CT molecular complexity index is 1140. The van der Waals surface area contributed by atoms with Gasteiger partial charge in [-0.3, -0.25) is 14.8 Å². The van der Waals surface area contributed by atoms with Gasteiger partial charge in [-0.05, 0) is 55.6 Å². The number of carbonyl (C=O) groups excluding carboxylic acids is 2. The minimum Gasteiger partial charge on any atom is -0.390 e. The molecule has 1 aliphatic heterocycles. The van der Waals surface area contributed by atoms with Gasteiger partial charge in [0.15, 0.2) is 14.6 Å². The molecule has 0 saturated heterocycles. The number of nitrogens with one attached hydrogen (secondary N) is 1. The summed E-state index contributed by atoms with van der Waals surface area (Å²) in [7, 11) is -3.84. The van der Waals surface area contributed by atoms with Crippen molar-refractivity contribution < 1.29 is 33.4 Å². The fourth-order valence-electron chi connectivity index (χ4n) is 3.67. The van der Waals surface area contributed by atoms with Gasteiger partial charge in [0.05, 0.1) is 22.0 Å². The van der Waals surface area contributed by atoms with Crippen LogP contribution in [0, 0.1) is 29.6 Å². The van der Waals surface area contributed by atoms with E-state index in [0.717, 1.165) is 11.8 Å². The number of nitrogens with zero attached hydrogens (tertiary/aromatic N) is 1. The third kappa shape index (κ3) is 4.82. The zero-order valence-electron chi connectivity index (χ0n) is 17.6. The van der Waals surface area contributed by atoms with Crippen LogP contribution in [0.3, 0.4) is 0 Å². The van der Waals surface area contributed by atoms with E-state index in [4.69, 9.17) is 5.21 Å². The fraction of sp³-hybridized carbons (Fsp3) is 0.524. The van der Waals surface area contributed by atoms with Crippen LogP contribution >= 0.6 is 11.3 Å². The van der Waals surface area contributed by atoms with Gasteiger partial charge in [-0.1, -0.05) is 5.92 Å². The molecular weight excluding hydrogens is 456 g/mol. The molecule has 1 unspecified atom stereocenters. The molecule has 1 aromatic rings. The van der Waals surface area contributed by atoms with Gasteiger partial charge in [-0.2, -0.15) is 0 Å². The fourth-order valence-corrected chi connectivity index (χ4v) is 5.51. The van der Waals surface area contributed by atoms with Crippen molar-refractivity contribution in [2.75, 3.05) is 12.8 Å². The first-order valence-electron chi connectivity index (χ1n) is 9.90. The van der Waals surface area contributed by atoms with Crippen LogP contribution in [0.5, 0.6) is 0 Å². The molecule has 0 bridgehead atoms. The maximum Gasteiger partial charge on any atom is 0.264 e. The number of hydrogen-bond donors (Lipinski definition) is 4. The van der Waals surface area contributed by atoms with E-state index in [2.05, 4.69) is 23.7 Å². The number of aliphatic hydroxyl groups is 2. The van der Waals surface area contributed by atoms with Crippen LogP contribution < -0.4 is 5.48 Å². The first-order chi connectivity index (χ1) is 15.0. The van der Waals surface area contributed by atoms with Gasteiger partial charge in [0.25, 0.3) is 11.8 Å². The van der Waals surface area contributed by atoms with E-state index in [0.29, 0.717) is 22.6 Å². The predicted molar refractivity (Wildman–Crippen MR) is 116 cm³/mol. The molecule has 1 aromatic heterocycles. The van der Waals surface area contributed by atoms with E-state index in [1.54, 1.807) is 6.07 Å². The SMILES string of the molecule is C[C@@](CCN1Cc2cc(C#CC#CC3C[C@@H](O)[C@@H](O)C3)sc2C1=O)(C(=O)NO)S(C)(=O)=O. The van der Waals surface area contributed by atoms with E-state index < -0.39 is 32.7 Å². The van der Waals surface area contributed by atoms with Crippen molar-refractivity contribution >= 4 is 33.0 Å². The molecule has 3 rings (SSSR count). The number of hydroxylamine groups is 1. The quantitative estimate of drug-likeness (QED) is 0.261. The lowest BCUT2D eigenvalue weighted by molar-refractivity contribution is -0.131. The normalized spacial score (nSPS) is 24.1. The van der Waals surface area contributed by atoms with E-state index in [1.165, 1.54) is 28.6 Å². The summed E-state index contributed by atoms with van der Waals surface area (Å²) in [5.74, 6) is 9.88. The summed E-state index contributed by atoms with van der Waals surface area (Å²) in [6.45, 7) is 1.52. The predicted octanol–water partition coefficient (Wildman–Crippen LogP) is -0.111. The zero-order valence-corrected chi connectivity index (χ0v) is 19.2. The highest BCUT2D eigenvalue weighted by atomic mass is 32.2. The van der Waals surface area contributed by atoms with Gasteiger partial charge < -0.3 is 15.1 Å². The Balaban J connectivity index is 1.63. The van der Waals surface area contributed by atoms with Crippen molar-refractivity contribution in [2.24, 2.45) is 5.92 Å². The molecule has 172 valence electrons. The number of thiophene rings is 1. The molecule has 4 N–H and O–H groups in total. The molecule has 32 heavy (non-hydrogen) atoms. The zero-order chi connectivity index (χ0) is 23.7. The number of amides is 2. The van der Waals surface area contributed by atoms with Gasteiger partial charge in [-0.15, -0.1) is 11.3 Å². The number of hydrogen-bond acceptors (Lipinski definition) is 8. The number of carbonyl (C=O) groups is 2. The topological polar surface area (TPSA) is 144 Å². The van der Waals surface area contributed by atoms with Crippen LogP contribution in [0.25, 0.3) is 0 Å². The first-order valence-corrected chi connectivity index (χ1v) is 12.6. The lowest BCUT2D eigenvalue weighted by Crippen LogP contribution is -2.50. The summed E-state index contributed by atoms with van der Waals surface area (Å²) < 4.78 is 22.3. The van der Waals surface area contributed by atoms with E-state index in [1.807, 2.05) is 0 Å². The highest BCUT2D eigenvalue weighted by molar-refractivity contribution is 7.92. The Morgan fingerprint density at radius 2 is 1.97 bits per heavy atom. The summed E-state index contributed by atoms with van der Waals surface area (Å²) in [5, 5.41) is 28.0. The second-order valence-corrected chi connectivity index (χ2v) is 11.7. The van der Waals surface area contributed by atoms with Crippen molar-refractivity contribution in [2.45, 2.75) is 49.7 Å². The number of aliphatic hydroxyl groups excluding tert-OH is 2. The van der Waals surface area contributed by atoms with Crippen LogP contribution in [0.1, 0.15) is 46.3 Å². The van der Waals surface area contributed by atoms with Crippen molar-refractivity contribution in [1.29, 1.82) is 0 Å². The molecule has 0 radical (unpaired) electrons. The lowest BCUT2D eigenvalue weighted by Gasteiger charge is -2.27. The van der Waals surface area contributed by atoms with Crippen LogP contribution in [0.4, 0.5) is 0 Å². The molecule has 0 spiro atoms. The summed E-state index contributed by atoms with van der Waals surface area (Å²) in [6, 6.07) is 1.78. The molecule has 2 amide bonds. The molecule has 1 aliphatic carbocycles. The molecule has 9 nitrogen and oxygen atoms in total. The molecule has 2 heterocycles. The van der Waals surface area contributed by atoms with Crippen LogP contribution in [0.2, 0.25) is 0 Å². The molecule has 11 heteroatoms. The summed E-state index contributed by atoms with van der Waals surface area (Å²) >= 11 is 1.22. The molecule has 1 saturated carbocycles. The van der Waals surface area contributed by atoms with Gasteiger partial charge in [-0.25, -0.2) is 13.9 Å². The summed E-state index contributed by atoms with van der Waals surface area (Å²) in [4.78, 5) is 27.3. The van der Waals surface area contributed by atoms with Crippen molar-refractivity contribution in [3.63, 3.8) is 0 Å². The van der Waals surface area contributed by atoms with Crippen molar-refractivity contribution in [1.82, 2.24) is 10.4 Å². The second-order valence-electron chi connectivity index (χ2n) is 8.21. The Morgan fingerprint density at radius 3 is 2.53 bits per heavy atom. The van der Waals surface area contributed by atoms with Gasteiger partial charge >= 0.3 is 0 Å². The maximum atomic E-state index is 12.7. The largest absolute Gasteiger partial charge is 0.390 e. The highest BCUT2D eigenvalue weighted by Crippen LogP contribution is 2.32. The smallest absolute Gasteiger partial charge is 0.264 e. The number of rotatable bonds is 5. The Labute approximate surface area is 190 Å². The molecule has 4 atom stereocenters. The standard InChI is InChI=1S/C21H24N2O7S2/c1-21(20(27)22-28,32(2,29)30)7-8-23-12-14-11-15(31-18(14)19(23)26)6-4-3-5-13-9-16(24)17(25)10-13/h11,13,16-17,24-25,28H,7-10,12H2,1-2H3,(H,22,27)/t13?,16-,17+,21-/m1/s1. The van der Waals surface area contributed by atoms with Crippen LogP contribution in [-0.4, -0.2) is 70.3 Å². The maximum absolute atomic E-state index is 12.7. The molecule has 0 aromatic carbocycles. The van der Waals surface area contributed by atoms with E-state index in [9.17, 15) is 28.2 Å². The Hall–Kier alpha value is -2.41. The average Bonchev–Trinajstić information content (AvgIpc) is 3.36. The molecular formula is C21H24N2O7S2. The average molecular weight is 481 g/mol. The Morgan fingerprint density at radius 1 is 1.31 bits per heavy atom. The van der Waals surface area contributed by atoms with Gasteiger partial charge in [0.2, 0.25) is 0 Å². The minimum atomic E-state index is -3.84. The monoisotopic (exact) mass is 480 g/mol. The summed E-state index contributed by atoms with van der Waals surface area (Å²) in [5.41, 5.74) is 2.16. The van der Waals surface area contributed by atoms with Gasteiger partial charge in [0.1, 0.15) is 0 Å².